The van der Waals surface area contributed by atoms with Crippen LogP contribution in [0.1, 0.15) is 31.7 Å². The first kappa shape index (κ1) is 20.6. The molecule has 154 valence electrons. The number of hydrogen-bond acceptors (Lipinski definition) is 5. The van der Waals surface area contributed by atoms with Crippen LogP contribution in [-0.2, 0) is 16.0 Å². The molecule has 1 aromatic heterocycles. The molecule has 1 saturated heterocycles. The number of nitrogens with one attached hydrogen (secondary N) is 1. The van der Waals surface area contributed by atoms with Crippen molar-refractivity contribution in [3.63, 3.8) is 0 Å². The van der Waals surface area contributed by atoms with Gasteiger partial charge in [-0.15, -0.1) is 0 Å². The molecule has 0 radical (unpaired) electrons. The van der Waals surface area contributed by atoms with Gasteiger partial charge in [0.1, 0.15) is 11.9 Å². The molecule has 1 aliphatic rings. The molecule has 0 spiro atoms. The molecule has 1 aromatic carbocycles. The van der Waals surface area contributed by atoms with Crippen molar-refractivity contribution in [1.29, 1.82) is 0 Å². The fourth-order valence-corrected chi connectivity index (χ4v) is 3.36. The summed E-state index contributed by atoms with van der Waals surface area (Å²) in [6, 6.07) is 11.3. The maximum absolute atomic E-state index is 12.5. The van der Waals surface area contributed by atoms with Gasteiger partial charge in [0.25, 0.3) is 0 Å². The van der Waals surface area contributed by atoms with E-state index in [9.17, 15) is 9.59 Å². The molecule has 1 fully saturated rings. The molecule has 1 N–H and O–H groups in total. The van der Waals surface area contributed by atoms with Gasteiger partial charge in [0.05, 0.1) is 19.0 Å². The van der Waals surface area contributed by atoms with E-state index in [1.54, 1.807) is 25.4 Å². The van der Waals surface area contributed by atoms with Gasteiger partial charge in [-0.25, -0.2) is 4.98 Å². The van der Waals surface area contributed by atoms with Gasteiger partial charge in [-0.1, -0.05) is 12.1 Å². The Morgan fingerprint density at radius 2 is 2.00 bits per heavy atom. The van der Waals surface area contributed by atoms with Crippen molar-refractivity contribution in [3.8, 4) is 11.6 Å². The molecule has 0 atom stereocenters. The topological polar surface area (TPSA) is 80.8 Å². The summed E-state index contributed by atoms with van der Waals surface area (Å²) >= 11 is 0. The Kier molecular flexibility index (Phi) is 7.05. The summed E-state index contributed by atoms with van der Waals surface area (Å²) in [7, 11) is 1.64. The van der Waals surface area contributed by atoms with Gasteiger partial charge in [-0.2, -0.15) is 0 Å². The summed E-state index contributed by atoms with van der Waals surface area (Å²) in [6.45, 7) is 2.83. The Balaban J connectivity index is 1.42. The van der Waals surface area contributed by atoms with Gasteiger partial charge in [0.15, 0.2) is 0 Å². The Labute approximate surface area is 171 Å². The van der Waals surface area contributed by atoms with Crippen molar-refractivity contribution in [1.82, 2.24) is 9.88 Å². The molecule has 2 heterocycles. The number of carbonyl (C=O) groups excluding carboxylic acids is 2. The average Bonchev–Trinajstić information content (AvgIpc) is 2.74. The van der Waals surface area contributed by atoms with Gasteiger partial charge in [0.2, 0.25) is 17.7 Å². The maximum atomic E-state index is 12.5. The lowest BCUT2D eigenvalue weighted by atomic mass is 10.1. The van der Waals surface area contributed by atoms with Gasteiger partial charge < -0.3 is 19.7 Å². The highest BCUT2D eigenvalue weighted by molar-refractivity contribution is 5.88. The summed E-state index contributed by atoms with van der Waals surface area (Å²) in [5.74, 6) is 1.38. The highest BCUT2D eigenvalue weighted by atomic mass is 16.5. The second-order valence-electron chi connectivity index (χ2n) is 7.12. The van der Waals surface area contributed by atoms with E-state index in [1.807, 2.05) is 29.2 Å². The number of ether oxygens (including phenoxy) is 2. The van der Waals surface area contributed by atoms with Gasteiger partial charge >= 0.3 is 0 Å². The van der Waals surface area contributed by atoms with Crippen LogP contribution in [0.15, 0.2) is 42.6 Å². The second kappa shape index (κ2) is 9.91. The Morgan fingerprint density at radius 3 is 2.66 bits per heavy atom. The van der Waals surface area contributed by atoms with Gasteiger partial charge in [-0.3, -0.25) is 9.59 Å². The van der Waals surface area contributed by atoms with E-state index in [4.69, 9.17) is 9.47 Å². The minimum Gasteiger partial charge on any atom is -0.497 e. The van der Waals surface area contributed by atoms with Crippen LogP contribution in [0, 0.1) is 0 Å². The zero-order chi connectivity index (χ0) is 20.6. The van der Waals surface area contributed by atoms with Crippen molar-refractivity contribution >= 4 is 17.5 Å². The monoisotopic (exact) mass is 397 g/mol. The van der Waals surface area contributed by atoms with E-state index in [2.05, 4.69) is 10.3 Å². The summed E-state index contributed by atoms with van der Waals surface area (Å²) < 4.78 is 11.2. The molecule has 0 aliphatic carbocycles. The number of aryl methyl sites for hydroxylation is 1. The van der Waals surface area contributed by atoms with E-state index in [0.29, 0.717) is 37.5 Å². The molecule has 3 rings (SSSR count). The number of aromatic nitrogens is 1. The van der Waals surface area contributed by atoms with Gasteiger partial charge in [0, 0.05) is 45.3 Å². The SMILES string of the molecule is COc1cccc(CCC(=O)N2CCC(Oc3ccc(NC(C)=O)cn3)CC2)c1. The van der Waals surface area contributed by atoms with Crippen LogP contribution in [0.4, 0.5) is 5.69 Å². The van der Waals surface area contributed by atoms with E-state index < -0.39 is 0 Å². The number of carbonyl (C=O) groups is 2. The van der Waals surface area contributed by atoms with Crippen LogP contribution < -0.4 is 14.8 Å². The Bertz CT molecular complexity index is 830. The average molecular weight is 397 g/mol. The maximum Gasteiger partial charge on any atom is 0.222 e. The molecule has 2 aromatic rings. The van der Waals surface area contributed by atoms with E-state index >= 15 is 0 Å². The molecular weight excluding hydrogens is 370 g/mol. The lowest BCUT2D eigenvalue weighted by Crippen LogP contribution is -2.41. The third-order valence-electron chi connectivity index (χ3n) is 4.90. The first-order valence-corrected chi connectivity index (χ1v) is 9.84. The quantitative estimate of drug-likeness (QED) is 0.777. The molecule has 7 nitrogen and oxygen atoms in total. The number of amides is 2. The van der Waals surface area contributed by atoms with Crippen LogP contribution in [0.25, 0.3) is 0 Å². The molecule has 0 saturated carbocycles. The molecule has 0 bridgehead atoms. The number of hydrogen-bond donors (Lipinski definition) is 1. The summed E-state index contributed by atoms with van der Waals surface area (Å²) in [4.78, 5) is 29.7. The standard InChI is InChI=1S/C22H27N3O4/c1-16(26)24-18-7-8-21(23-15-18)29-19-10-12-25(13-11-19)22(27)9-6-17-4-3-5-20(14-17)28-2/h3-5,7-8,14-15,19H,6,9-13H2,1-2H3,(H,24,26). The smallest absolute Gasteiger partial charge is 0.222 e. The predicted octanol–water partition coefficient (Wildman–Crippen LogP) is 3.05. The molecule has 1 aliphatic heterocycles. The van der Waals surface area contributed by atoms with Crippen LogP contribution >= 0.6 is 0 Å². The van der Waals surface area contributed by atoms with Crippen molar-refractivity contribution in [2.45, 2.75) is 38.7 Å². The summed E-state index contributed by atoms with van der Waals surface area (Å²) in [5.41, 5.74) is 1.74. The summed E-state index contributed by atoms with van der Waals surface area (Å²) in [5, 5.41) is 2.68. The second-order valence-corrected chi connectivity index (χ2v) is 7.12. The molecular formula is C22H27N3O4. The molecule has 2 amide bonds. The van der Waals surface area contributed by atoms with Gasteiger partial charge in [-0.05, 0) is 30.2 Å². The fraction of sp³-hybridized carbons (Fsp3) is 0.409. The highest BCUT2D eigenvalue weighted by Crippen LogP contribution is 2.20. The zero-order valence-corrected chi connectivity index (χ0v) is 16.9. The van der Waals surface area contributed by atoms with Crippen molar-refractivity contribution < 1.29 is 19.1 Å². The zero-order valence-electron chi connectivity index (χ0n) is 16.9. The minimum absolute atomic E-state index is 0.0385. The van der Waals surface area contributed by atoms with Crippen molar-refractivity contribution in [2.24, 2.45) is 0 Å². The fourth-order valence-electron chi connectivity index (χ4n) is 3.36. The first-order valence-electron chi connectivity index (χ1n) is 9.84. The number of piperidine rings is 1. The number of anilines is 1. The predicted molar refractivity (Wildman–Crippen MR) is 110 cm³/mol. The number of rotatable bonds is 7. The van der Waals surface area contributed by atoms with Crippen molar-refractivity contribution in [2.75, 3.05) is 25.5 Å². The summed E-state index contributed by atoms with van der Waals surface area (Å²) in [6.07, 6.45) is 4.37. The van der Waals surface area contributed by atoms with Crippen molar-refractivity contribution in [3.05, 3.63) is 48.2 Å². The Morgan fingerprint density at radius 1 is 1.21 bits per heavy atom. The largest absolute Gasteiger partial charge is 0.497 e. The number of nitrogens with zero attached hydrogens (tertiary/aromatic N) is 2. The van der Waals surface area contributed by atoms with Crippen LogP contribution in [0.2, 0.25) is 0 Å². The number of pyridine rings is 1. The van der Waals surface area contributed by atoms with E-state index in [-0.39, 0.29) is 17.9 Å². The van der Waals surface area contributed by atoms with Crippen LogP contribution in [0.5, 0.6) is 11.6 Å². The molecule has 7 heteroatoms. The lowest BCUT2D eigenvalue weighted by Gasteiger charge is -2.32. The highest BCUT2D eigenvalue weighted by Gasteiger charge is 2.24. The third-order valence-corrected chi connectivity index (χ3v) is 4.90. The lowest BCUT2D eigenvalue weighted by molar-refractivity contribution is -0.133. The first-order chi connectivity index (χ1) is 14.0. The molecule has 29 heavy (non-hydrogen) atoms. The van der Waals surface area contributed by atoms with E-state index in [0.717, 1.165) is 24.2 Å². The number of likely N-dealkylation sites (tertiary alicyclic amines) is 1. The minimum atomic E-state index is -0.135. The Hall–Kier alpha value is -3.09. The molecule has 0 unspecified atom stereocenters. The van der Waals surface area contributed by atoms with Crippen LogP contribution in [0.3, 0.4) is 0 Å². The van der Waals surface area contributed by atoms with Crippen LogP contribution in [-0.4, -0.2) is 48.0 Å². The number of benzene rings is 1. The van der Waals surface area contributed by atoms with E-state index in [1.165, 1.54) is 6.92 Å². The normalized spacial score (nSPS) is 14.3. The number of methoxy groups -OCH3 is 1. The third kappa shape index (κ3) is 6.20.